The van der Waals surface area contributed by atoms with Crippen LogP contribution in [0, 0.1) is 5.82 Å². The molecule has 1 heterocycles. The van der Waals surface area contributed by atoms with Crippen molar-refractivity contribution in [2.24, 2.45) is 0 Å². The molecule has 0 saturated carbocycles. The van der Waals surface area contributed by atoms with Gasteiger partial charge in [-0.2, -0.15) is 0 Å². The molecule has 2 rings (SSSR count). The summed E-state index contributed by atoms with van der Waals surface area (Å²) in [6.07, 6.45) is 0.981. The number of hydrogen-bond acceptors (Lipinski definition) is 4. The summed E-state index contributed by atoms with van der Waals surface area (Å²) in [5.41, 5.74) is 0.570. The summed E-state index contributed by atoms with van der Waals surface area (Å²) in [4.78, 5) is 1.10. The van der Waals surface area contributed by atoms with Gasteiger partial charge in [0.15, 0.2) is 0 Å². The van der Waals surface area contributed by atoms with Gasteiger partial charge >= 0.3 is 0 Å². The number of halogens is 2. The second kappa shape index (κ2) is 6.11. The second-order valence-electron chi connectivity index (χ2n) is 4.11. The Morgan fingerprint density at radius 1 is 1.35 bits per heavy atom. The highest BCUT2D eigenvalue weighted by Gasteiger charge is 2.09. The van der Waals surface area contributed by atoms with Crippen molar-refractivity contribution in [2.75, 3.05) is 16.3 Å². The van der Waals surface area contributed by atoms with Crippen molar-refractivity contribution in [3.63, 3.8) is 0 Å². The van der Waals surface area contributed by atoms with Gasteiger partial charge < -0.3 is 5.32 Å². The van der Waals surface area contributed by atoms with Crippen molar-refractivity contribution in [1.82, 2.24) is 0 Å². The number of thiophene rings is 1. The third kappa shape index (κ3) is 4.19. The minimum absolute atomic E-state index is 0.0669. The van der Waals surface area contributed by atoms with Crippen LogP contribution in [0.15, 0.2) is 34.1 Å². The lowest BCUT2D eigenvalue weighted by Crippen LogP contribution is -2.11. The number of hydrogen-bond donors (Lipinski definition) is 2. The van der Waals surface area contributed by atoms with Crippen LogP contribution in [0.4, 0.5) is 15.8 Å². The largest absolute Gasteiger partial charge is 0.380 e. The van der Waals surface area contributed by atoms with E-state index in [1.165, 1.54) is 12.1 Å². The Labute approximate surface area is 129 Å². The molecule has 1 aromatic carbocycles. The molecule has 0 saturated heterocycles. The molecule has 4 nitrogen and oxygen atoms in total. The van der Waals surface area contributed by atoms with E-state index < -0.39 is 15.8 Å². The first-order valence-corrected chi connectivity index (χ1v) is 9.14. The van der Waals surface area contributed by atoms with Crippen LogP contribution in [-0.2, 0) is 16.6 Å². The Morgan fingerprint density at radius 2 is 2.10 bits per heavy atom. The van der Waals surface area contributed by atoms with E-state index in [2.05, 4.69) is 26.0 Å². The van der Waals surface area contributed by atoms with E-state index in [1.807, 2.05) is 11.4 Å². The van der Waals surface area contributed by atoms with Gasteiger partial charge in [0, 0.05) is 15.0 Å². The zero-order chi connectivity index (χ0) is 14.8. The van der Waals surface area contributed by atoms with Crippen molar-refractivity contribution in [1.29, 1.82) is 0 Å². The number of nitrogens with one attached hydrogen (secondary N) is 2. The third-order valence-corrected chi connectivity index (χ3v) is 4.92. The van der Waals surface area contributed by atoms with Gasteiger partial charge in [0.1, 0.15) is 5.82 Å². The normalized spacial score (nSPS) is 11.3. The molecule has 0 amide bonds. The van der Waals surface area contributed by atoms with Gasteiger partial charge in [-0.3, -0.25) is 4.72 Å². The van der Waals surface area contributed by atoms with Gasteiger partial charge in [-0.05, 0) is 45.6 Å². The van der Waals surface area contributed by atoms with E-state index >= 15 is 0 Å². The Hall–Kier alpha value is -1.12. The first-order chi connectivity index (χ1) is 9.35. The molecular weight excluding hydrogens is 367 g/mol. The van der Waals surface area contributed by atoms with Crippen molar-refractivity contribution in [3.05, 3.63) is 44.8 Å². The molecule has 2 aromatic rings. The van der Waals surface area contributed by atoms with Crippen LogP contribution < -0.4 is 10.0 Å². The van der Waals surface area contributed by atoms with Crippen LogP contribution in [0.25, 0.3) is 0 Å². The minimum Gasteiger partial charge on any atom is -0.380 e. The number of benzene rings is 1. The van der Waals surface area contributed by atoms with Crippen LogP contribution in [0.3, 0.4) is 0 Å². The minimum atomic E-state index is -3.50. The Balaban J connectivity index is 2.13. The zero-order valence-electron chi connectivity index (χ0n) is 10.5. The topological polar surface area (TPSA) is 58.2 Å². The lowest BCUT2D eigenvalue weighted by Gasteiger charge is -2.10. The standard InChI is InChI=1S/C12H12BrFN2O2S2/c1-20(17,18)16-11-6-8(2-3-10(11)14)15-7-12-9(13)4-5-19-12/h2-6,15-16H,7H2,1H3. The molecule has 8 heteroatoms. The molecule has 0 atom stereocenters. The number of sulfonamides is 1. The maximum Gasteiger partial charge on any atom is 0.229 e. The third-order valence-electron chi connectivity index (χ3n) is 2.41. The summed E-state index contributed by atoms with van der Waals surface area (Å²) >= 11 is 5.02. The fraction of sp³-hybridized carbons (Fsp3) is 0.167. The Morgan fingerprint density at radius 3 is 2.70 bits per heavy atom. The molecule has 0 aliphatic heterocycles. The van der Waals surface area contributed by atoms with Gasteiger partial charge in [0.05, 0.1) is 18.5 Å². The van der Waals surface area contributed by atoms with E-state index in [9.17, 15) is 12.8 Å². The van der Waals surface area contributed by atoms with Crippen molar-refractivity contribution in [2.45, 2.75) is 6.54 Å². The summed E-state index contributed by atoms with van der Waals surface area (Å²) in [5, 5.41) is 5.08. The van der Waals surface area contributed by atoms with Crippen LogP contribution >= 0.6 is 27.3 Å². The molecule has 0 bridgehead atoms. The highest BCUT2D eigenvalue weighted by molar-refractivity contribution is 9.10. The smallest absolute Gasteiger partial charge is 0.229 e. The Kier molecular flexibility index (Phi) is 4.66. The van der Waals surface area contributed by atoms with E-state index in [4.69, 9.17) is 0 Å². The van der Waals surface area contributed by atoms with Gasteiger partial charge in [0.2, 0.25) is 10.0 Å². The second-order valence-corrected chi connectivity index (χ2v) is 7.72. The van der Waals surface area contributed by atoms with E-state index in [-0.39, 0.29) is 5.69 Å². The molecule has 0 radical (unpaired) electrons. The van der Waals surface area contributed by atoms with Crippen LogP contribution in [0.2, 0.25) is 0 Å². The first kappa shape index (κ1) is 15.3. The Bertz CT molecular complexity index is 716. The zero-order valence-corrected chi connectivity index (χ0v) is 13.7. The van der Waals surface area contributed by atoms with Gasteiger partial charge in [0.25, 0.3) is 0 Å². The molecule has 0 aliphatic carbocycles. The maximum absolute atomic E-state index is 13.5. The quantitative estimate of drug-likeness (QED) is 0.834. The van der Waals surface area contributed by atoms with Gasteiger partial charge in [-0.15, -0.1) is 11.3 Å². The van der Waals surface area contributed by atoms with Gasteiger partial charge in [-0.25, -0.2) is 12.8 Å². The molecule has 20 heavy (non-hydrogen) atoms. The molecule has 2 N–H and O–H groups in total. The molecule has 0 unspecified atom stereocenters. The lowest BCUT2D eigenvalue weighted by molar-refractivity contribution is 0.604. The highest BCUT2D eigenvalue weighted by atomic mass is 79.9. The van der Waals surface area contributed by atoms with Crippen molar-refractivity contribution >= 4 is 48.7 Å². The van der Waals surface area contributed by atoms with Gasteiger partial charge in [-0.1, -0.05) is 0 Å². The predicted octanol–water partition coefficient (Wildman–Crippen LogP) is 3.63. The number of anilines is 2. The van der Waals surface area contributed by atoms with Crippen LogP contribution in [-0.4, -0.2) is 14.7 Å². The van der Waals surface area contributed by atoms with Crippen LogP contribution in [0.1, 0.15) is 4.88 Å². The predicted molar refractivity (Wildman–Crippen MR) is 84.2 cm³/mol. The first-order valence-electron chi connectivity index (χ1n) is 5.58. The lowest BCUT2D eigenvalue weighted by atomic mass is 10.2. The molecule has 108 valence electrons. The van der Waals surface area contributed by atoms with E-state index in [0.717, 1.165) is 15.6 Å². The van der Waals surface area contributed by atoms with Crippen molar-refractivity contribution in [3.8, 4) is 0 Å². The monoisotopic (exact) mass is 378 g/mol. The SMILES string of the molecule is CS(=O)(=O)Nc1cc(NCc2sccc2Br)ccc1F. The fourth-order valence-corrected chi connectivity index (χ4v) is 3.53. The summed E-state index contributed by atoms with van der Waals surface area (Å²) in [6, 6.07) is 6.16. The van der Waals surface area contributed by atoms with Crippen molar-refractivity contribution < 1.29 is 12.8 Å². The molecular formula is C12H12BrFN2O2S2. The average Bonchev–Trinajstić information content (AvgIpc) is 2.74. The van der Waals surface area contributed by atoms with E-state index in [0.29, 0.717) is 12.2 Å². The highest BCUT2D eigenvalue weighted by Crippen LogP contribution is 2.25. The van der Waals surface area contributed by atoms with E-state index in [1.54, 1.807) is 17.4 Å². The summed E-state index contributed by atoms with van der Waals surface area (Å²) in [5.74, 6) is -0.613. The molecule has 0 fully saturated rings. The molecule has 0 spiro atoms. The summed E-state index contributed by atoms with van der Waals surface area (Å²) in [6.45, 7) is 0.572. The fourth-order valence-electron chi connectivity index (χ4n) is 1.55. The maximum atomic E-state index is 13.5. The number of rotatable bonds is 5. The molecule has 1 aromatic heterocycles. The average molecular weight is 379 g/mol. The summed E-state index contributed by atoms with van der Waals surface area (Å²) in [7, 11) is -3.50. The van der Waals surface area contributed by atoms with Crippen LogP contribution in [0.5, 0.6) is 0 Å². The summed E-state index contributed by atoms with van der Waals surface area (Å²) < 4.78 is 39.0. The molecule has 0 aliphatic rings.